The maximum Gasteiger partial charge on any atom is 0.251 e. The fourth-order valence-electron chi connectivity index (χ4n) is 3.33. The van der Waals surface area contributed by atoms with E-state index < -0.39 is 0 Å². The van der Waals surface area contributed by atoms with Crippen molar-refractivity contribution in [3.63, 3.8) is 0 Å². The van der Waals surface area contributed by atoms with Gasteiger partial charge in [0.05, 0.1) is 0 Å². The molecule has 102 valence electrons. The molecule has 0 saturated heterocycles. The predicted molar refractivity (Wildman–Crippen MR) is 77.5 cm³/mol. The zero-order valence-corrected chi connectivity index (χ0v) is 11.5. The maximum absolute atomic E-state index is 12.5. The first-order chi connectivity index (χ1) is 9.25. The highest BCUT2D eigenvalue weighted by Crippen LogP contribution is 2.28. The SMILES string of the molecule is CC1CCCC1NC(=O)c1cccc2c1CCCN2. The third-order valence-corrected chi connectivity index (χ3v) is 4.52. The second-order valence-corrected chi connectivity index (χ2v) is 5.85. The lowest BCUT2D eigenvalue weighted by molar-refractivity contribution is 0.0928. The Bertz CT molecular complexity index is 484. The summed E-state index contributed by atoms with van der Waals surface area (Å²) in [5.74, 6) is 0.723. The average molecular weight is 258 g/mol. The monoisotopic (exact) mass is 258 g/mol. The number of hydrogen-bond acceptors (Lipinski definition) is 2. The lowest BCUT2D eigenvalue weighted by atomic mass is 9.96. The second-order valence-electron chi connectivity index (χ2n) is 5.85. The van der Waals surface area contributed by atoms with Gasteiger partial charge in [0.15, 0.2) is 0 Å². The Hall–Kier alpha value is -1.51. The van der Waals surface area contributed by atoms with Crippen LogP contribution >= 0.6 is 0 Å². The van der Waals surface area contributed by atoms with E-state index in [2.05, 4.69) is 23.6 Å². The zero-order chi connectivity index (χ0) is 13.2. The standard InChI is InChI=1S/C16H22N2O/c1-11-5-2-8-14(11)18-16(19)13-6-3-9-15-12(13)7-4-10-17-15/h3,6,9,11,14,17H,2,4-5,7-8,10H2,1H3,(H,18,19). The third kappa shape index (κ3) is 2.46. The summed E-state index contributed by atoms with van der Waals surface area (Å²) in [7, 11) is 0. The van der Waals surface area contributed by atoms with Crippen molar-refractivity contribution in [1.82, 2.24) is 5.32 Å². The molecule has 0 bridgehead atoms. The molecular weight excluding hydrogens is 236 g/mol. The summed E-state index contributed by atoms with van der Waals surface area (Å²) in [6.07, 6.45) is 5.71. The highest BCUT2D eigenvalue weighted by Gasteiger charge is 2.26. The van der Waals surface area contributed by atoms with E-state index in [1.54, 1.807) is 0 Å². The molecule has 1 fully saturated rings. The fraction of sp³-hybridized carbons (Fsp3) is 0.562. The number of nitrogens with one attached hydrogen (secondary N) is 2. The Labute approximate surface area is 114 Å². The zero-order valence-electron chi connectivity index (χ0n) is 11.5. The highest BCUT2D eigenvalue weighted by molar-refractivity contribution is 5.97. The minimum absolute atomic E-state index is 0.110. The third-order valence-electron chi connectivity index (χ3n) is 4.52. The van der Waals surface area contributed by atoms with E-state index >= 15 is 0 Å². The van der Waals surface area contributed by atoms with E-state index in [9.17, 15) is 4.79 Å². The Morgan fingerprint density at radius 3 is 3.00 bits per heavy atom. The molecule has 1 aliphatic carbocycles. The van der Waals surface area contributed by atoms with Crippen molar-refractivity contribution in [2.45, 2.75) is 45.1 Å². The van der Waals surface area contributed by atoms with Crippen LogP contribution in [0.2, 0.25) is 0 Å². The van der Waals surface area contributed by atoms with Crippen LogP contribution in [-0.2, 0) is 6.42 Å². The summed E-state index contributed by atoms with van der Waals surface area (Å²) < 4.78 is 0. The van der Waals surface area contributed by atoms with Gasteiger partial charge >= 0.3 is 0 Å². The lowest BCUT2D eigenvalue weighted by Gasteiger charge is -2.22. The number of benzene rings is 1. The van der Waals surface area contributed by atoms with E-state index in [1.807, 2.05) is 12.1 Å². The summed E-state index contributed by atoms with van der Waals surface area (Å²) in [6, 6.07) is 6.37. The van der Waals surface area contributed by atoms with Crippen LogP contribution in [0.25, 0.3) is 0 Å². The number of rotatable bonds is 2. The molecule has 0 spiro atoms. The van der Waals surface area contributed by atoms with Crippen LogP contribution in [0.3, 0.4) is 0 Å². The Kier molecular flexibility index (Phi) is 3.45. The molecule has 19 heavy (non-hydrogen) atoms. The number of hydrogen-bond donors (Lipinski definition) is 2. The molecule has 3 nitrogen and oxygen atoms in total. The van der Waals surface area contributed by atoms with E-state index in [0.29, 0.717) is 12.0 Å². The Morgan fingerprint density at radius 1 is 1.32 bits per heavy atom. The van der Waals surface area contributed by atoms with Crippen LogP contribution in [-0.4, -0.2) is 18.5 Å². The molecular formula is C16H22N2O. The molecule has 2 atom stereocenters. The van der Waals surface area contributed by atoms with Gasteiger partial charge in [0.2, 0.25) is 0 Å². The van der Waals surface area contributed by atoms with Crippen molar-refractivity contribution in [3.05, 3.63) is 29.3 Å². The van der Waals surface area contributed by atoms with Crippen LogP contribution in [0.15, 0.2) is 18.2 Å². The highest BCUT2D eigenvalue weighted by atomic mass is 16.1. The summed E-state index contributed by atoms with van der Waals surface area (Å²) in [5, 5.41) is 6.61. The van der Waals surface area contributed by atoms with Crippen LogP contribution in [0, 0.1) is 5.92 Å². The number of carbonyl (C=O) groups is 1. The van der Waals surface area contributed by atoms with Crippen molar-refractivity contribution in [2.24, 2.45) is 5.92 Å². The summed E-state index contributed by atoms with van der Waals surface area (Å²) in [5.41, 5.74) is 3.19. The van der Waals surface area contributed by atoms with Crippen molar-refractivity contribution in [3.8, 4) is 0 Å². The lowest BCUT2D eigenvalue weighted by Crippen LogP contribution is -2.37. The van der Waals surface area contributed by atoms with Gasteiger partial charge in [0.1, 0.15) is 0 Å². The summed E-state index contributed by atoms with van der Waals surface area (Å²) in [6.45, 7) is 3.25. The van der Waals surface area contributed by atoms with E-state index in [4.69, 9.17) is 0 Å². The number of carbonyl (C=O) groups excluding carboxylic acids is 1. The number of amides is 1. The topological polar surface area (TPSA) is 41.1 Å². The van der Waals surface area contributed by atoms with Gasteiger partial charge in [-0.25, -0.2) is 0 Å². The average Bonchev–Trinajstić information content (AvgIpc) is 2.83. The number of anilines is 1. The first kappa shape index (κ1) is 12.5. The van der Waals surface area contributed by atoms with Gasteiger partial charge in [-0.05, 0) is 49.3 Å². The predicted octanol–water partition coefficient (Wildman–Crippen LogP) is 2.96. The molecule has 2 N–H and O–H groups in total. The minimum atomic E-state index is 0.110. The first-order valence-electron chi connectivity index (χ1n) is 7.42. The summed E-state index contributed by atoms with van der Waals surface area (Å²) in [4.78, 5) is 12.5. The molecule has 1 aliphatic heterocycles. The van der Waals surface area contributed by atoms with Crippen molar-refractivity contribution in [1.29, 1.82) is 0 Å². The van der Waals surface area contributed by atoms with Crippen molar-refractivity contribution < 1.29 is 4.79 Å². The van der Waals surface area contributed by atoms with Gasteiger partial charge < -0.3 is 10.6 Å². The van der Waals surface area contributed by atoms with Gasteiger partial charge in [0, 0.05) is 23.8 Å². The van der Waals surface area contributed by atoms with Crippen molar-refractivity contribution in [2.75, 3.05) is 11.9 Å². The summed E-state index contributed by atoms with van der Waals surface area (Å²) >= 11 is 0. The Balaban J connectivity index is 1.80. The molecule has 1 amide bonds. The molecule has 3 rings (SSSR count). The van der Waals surface area contributed by atoms with Gasteiger partial charge in [-0.1, -0.05) is 19.4 Å². The van der Waals surface area contributed by atoms with E-state index in [-0.39, 0.29) is 5.91 Å². The fourth-order valence-corrected chi connectivity index (χ4v) is 3.33. The molecule has 1 aromatic rings. The van der Waals surface area contributed by atoms with Gasteiger partial charge in [-0.2, -0.15) is 0 Å². The number of fused-ring (bicyclic) bond motifs is 1. The molecule has 0 aromatic heterocycles. The van der Waals surface area contributed by atoms with Gasteiger partial charge in [0.25, 0.3) is 5.91 Å². The molecule has 2 aliphatic rings. The normalized spacial score (nSPS) is 25.5. The van der Waals surface area contributed by atoms with Crippen LogP contribution in [0.4, 0.5) is 5.69 Å². The van der Waals surface area contributed by atoms with Crippen molar-refractivity contribution >= 4 is 11.6 Å². The van der Waals surface area contributed by atoms with E-state index in [0.717, 1.165) is 37.1 Å². The Morgan fingerprint density at radius 2 is 2.21 bits per heavy atom. The molecule has 3 heteroatoms. The molecule has 1 saturated carbocycles. The van der Waals surface area contributed by atoms with Crippen LogP contribution < -0.4 is 10.6 Å². The van der Waals surface area contributed by atoms with Gasteiger partial charge in [-0.15, -0.1) is 0 Å². The molecule has 0 radical (unpaired) electrons. The smallest absolute Gasteiger partial charge is 0.251 e. The quantitative estimate of drug-likeness (QED) is 0.856. The van der Waals surface area contributed by atoms with E-state index in [1.165, 1.54) is 18.4 Å². The minimum Gasteiger partial charge on any atom is -0.385 e. The van der Waals surface area contributed by atoms with Crippen LogP contribution in [0.5, 0.6) is 0 Å². The second kappa shape index (κ2) is 5.24. The molecule has 1 aromatic carbocycles. The molecule has 1 heterocycles. The maximum atomic E-state index is 12.5. The first-order valence-corrected chi connectivity index (χ1v) is 7.42. The molecule has 2 unspecified atom stereocenters. The van der Waals surface area contributed by atoms with Gasteiger partial charge in [-0.3, -0.25) is 4.79 Å². The largest absolute Gasteiger partial charge is 0.385 e. The van der Waals surface area contributed by atoms with Crippen LogP contribution in [0.1, 0.15) is 48.5 Å².